The predicted octanol–water partition coefficient (Wildman–Crippen LogP) is -2.46. The summed E-state index contributed by atoms with van der Waals surface area (Å²) in [7, 11) is 3.02. The fourth-order valence-electron chi connectivity index (χ4n) is 0.354. The first-order chi connectivity index (χ1) is 4.81. The van der Waals surface area contributed by atoms with Crippen LogP contribution in [-0.2, 0) is 4.18 Å². The van der Waals surface area contributed by atoms with Crippen LogP contribution in [0.3, 0.4) is 0 Å². The van der Waals surface area contributed by atoms with Crippen molar-refractivity contribution in [1.82, 2.24) is 0 Å². The summed E-state index contributed by atoms with van der Waals surface area (Å²) in [6.45, 7) is 13.1. The van der Waals surface area contributed by atoms with Crippen LogP contribution >= 0.6 is 9.84 Å². The minimum absolute atomic E-state index is 0.526. The molecule has 0 aromatic rings. The zero-order chi connectivity index (χ0) is 7.82. The maximum atomic E-state index is 5.43. The van der Waals surface area contributed by atoms with Crippen molar-refractivity contribution in [2.24, 2.45) is 0 Å². The van der Waals surface area contributed by atoms with E-state index in [1.165, 1.54) is 0 Å². The Labute approximate surface area is 68.6 Å². The van der Waals surface area contributed by atoms with Crippen molar-refractivity contribution in [3.8, 4) is 0 Å². The quantitative estimate of drug-likeness (QED) is 0.387. The van der Waals surface area contributed by atoms with Gasteiger partial charge in [0.15, 0.2) is 0 Å². The van der Waals surface area contributed by atoms with E-state index in [4.69, 9.17) is 10.7 Å². The number of hydrogen-bond acceptors (Lipinski definition) is 1. The molecule has 0 aromatic carbocycles. The van der Waals surface area contributed by atoms with Crippen LogP contribution in [0.5, 0.6) is 0 Å². The van der Waals surface area contributed by atoms with E-state index < -0.39 is 9.84 Å². The minimum atomic E-state index is -0.526. The second-order valence-electron chi connectivity index (χ2n) is 1.54. The van der Waals surface area contributed by atoms with Gasteiger partial charge in [0.2, 0.25) is 0 Å². The maximum absolute atomic E-state index is 5.43. The molecular weight excluding hydrogens is 136 g/mol. The summed E-state index contributed by atoms with van der Waals surface area (Å²) in [5, 5.41) is 0. The topological polar surface area (TPSA) is 9.23 Å². The molecule has 0 saturated carbocycles. The van der Waals surface area contributed by atoms with Crippen LogP contribution in [0.4, 0.5) is 0 Å². The first-order valence-corrected chi connectivity index (χ1v) is 4.23. The van der Waals surface area contributed by atoms with E-state index in [9.17, 15) is 0 Å². The van der Waals surface area contributed by atoms with Crippen molar-refractivity contribution in [3.63, 3.8) is 0 Å². The number of rotatable bonds is 2. The van der Waals surface area contributed by atoms with E-state index in [-0.39, 0.29) is 0 Å². The van der Waals surface area contributed by atoms with E-state index in [1.807, 2.05) is 34.5 Å². The Bertz CT molecular complexity index is 246. The molecule has 0 bridgehead atoms. The molecule has 9 heteroatoms. The molecule has 0 fully saturated rings. The fourth-order valence-corrected chi connectivity index (χ4v) is 0.710. The van der Waals surface area contributed by atoms with Gasteiger partial charge in [-0.25, -0.2) is 0 Å². The molecule has 0 rings (SSSR count). The van der Waals surface area contributed by atoms with Crippen LogP contribution in [0.1, 0.15) is 0 Å². The fraction of sp³-hybridized carbons (Fsp3) is 1.00. The molecular formula is CH5B7OS. The molecule has 0 spiro atoms. The Morgan fingerprint density at radius 3 is 2.60 bits per heavy atom. The molecule has 0 aliphatic carbocycles. The second kappa shape index (κ2) is 7.74. The standard InChI is InChI=1S/CH5B7OS/c1-9-10(3)8-7-6-5-4-2/h2H2,1H3. The molecule has 0 amide bonds. The van der Waals surface area contributed by atoms with Gasteiger partial charge in [-0.2, -0.15) is 0 Å². The first kappa shape index (κ1) is 10.6. The first-order valence-electron chi connectivity index (χ1n) is 2.96. The van der Waals surface area contributed by atoms with Gasteiger partial charge in [0.05, 0.1) is 0 Å². The Morgan fingerprint density at radius 1 is 1.40 bits per heavy atom. The van der Waals surface area contributed by atoms with Gasteiger partial charge in [-0.3, -0.25) is 0 Å². The van der Waals surface area contributed by atoms with Crippen molar-refractivity contribution in [2.45, 2.75) is 0 Å². The molecule has 0 radical (unpaired) electrons. The van der Waals surface area contributed by atoms with Crippen molar-refractivity contribution in [2.75, 3.05) is 7.11 Å². The predicted molar refractivity (Wildman–Crippen MR) is 57.7 cm³/mol. The van der Waals surface area contributed by atoms with E-state index >= 15 is 0 Å². The molecule has 0 aromatic heterocycles. The Kier molecular flexibility index (Phi) is 8.23. The third-order valence-corrected chi connectivity index (χ3v) is 1.63. The monoisotopic (exact) mass is 142 g/mol. The molecule has 0 N–H and O–H groups in total. The van der Waals surface area contributed by atoms with Gasteiger partial charge in [-0.15, -0.1) is 0 Å². The van der Waals surface area contributed by atoms with Gasteiger partial charge in [0, 0.05) is 0 Å². The van der Waals surface area contributed by atoms with Crippen LogP contribution in [0.25, 0.3) is 0 Å². The van der Waals surface area contributed by atoms with Crippen LogP contribution in [0, 0.1) is 0 Å². The normalized spacial score (nSPS) is 9.70. The van der Waals surface area contributed by atoms with Crippen LogP contribution in [-0.4, -0.2) is 54.2 Å². The van der Waals surface area contributed by atoms with E-state index in [2.05, 4.69) is 0 Å². The number of hydrogen-bond donors (Lipinski definition) is 0. The van der Waals surface area contributed by atoms with Crippen molar-refractivity contribution >= 4 is 56.9 Å². The molecule has 0 aliphatic heterocycles. The SMILES string of the molecule is B#S(=BB=BB=BB)OC. The molecule has 0 atom stereocenters. The van der Waals surface area contributed by atoms with E-state index in [0.29, 0.717) is 0 Å². The summed E-state index contributed by atoms with van der Waals surface area (Å²) in [5.41, 5.74) is 0. The Balaban J connectivity index is 3.87. The van der Waals surface area contributed by atoms with E-state index in [1.54, 1.807) is 13.2 Å². The van der Waals surface area contributed by atoms with Crippen molar-refractivity contribution in [1.29, 1.82) is 0 Å². The Morgan fingerprint density at radius 2 is 2.10 bits per heavy atom. The Hall–Kier alpha value is 0.635. The molecule has 1 nitrogen and oxygen atoms in total. The van der Waals surface area contributed by atoms with Crippen LogP contribution < -0.4 is 0 Å². The van der Waals surface area contributed by atoms with Gasteiger partial charge in [-0.05, 0) is 0 Å². The summed E-state index contributed by atoms with van der Waals surface area (Å²) in [5.74, 6) is 0. The van der Waals surface area contributed by atoms with Gasteiger partial charge in [0.25, 0.3) is 0 Å². The van der Waals surface area contributed by atoms with Crippen LogP contribution in [0.2, 0.25) is 0 Å². The van der Waals surface area contributed by atoms with Gasteiger partial charge >= 0.3 is 68.2 Å². The third-order valence-electron chi connectivity index (χ3n) is 0.820. The molecule has 0 unspecified atom stereocenters. The zero-order valence-electron chi connectivity index (χ0n) is 6.28. The van der Waals surface area contributed by atoms with E-state index in [0.717, 1.165) is 0 Å². The summed E-state index contributed by atoms with van der Waals surface area (Å²) < 4.78 is 4.81. The second-order valence-corrected chi connectivity index (χ2v) is 2.80. The molecule has 10 heavy (non-hydrogen) atoms. The summed E-state index contributed by atoms with van der Waals surface area (Å²) in [4.78, 5) is 0. The van der Waals surface area contributed by atoms with Gasteiger partial charge < -0.3 is 0 Å². The molecule has 0 heterocycles. The van der Waals surface area contributed by atoms with Crippen molar-refractivity contribution < 1.29 is 4.18 Å². The average molecular weight is 141 g/mol. The van der Waals surface area contributed by atoms with Crippen molar-refractivity contribution in [3.05, 3.63) is 0 Å². The summed E-state index contributed by atoms with van der Waals surface area (Å²) in [6, 6.07) is 1.81. The van der Waals surface area contributed by atoms with Gasteiger partial charge in [0.1, 0.15) is 0 Å². The van der Waals surface area contributed by atoms with Crippen LogP contribution in [0.15, 0.2) is 0 Å². The van der Waals surface area contributed by atoms with Gasteiger partial charge in [-0.1, -0.05) is 0 Å². The molecule has 42 valence electrons. The third kappa shape index (κ3) is 6.75. The molecule has 0 saturated heterocycles. The molecule has 0 aliphatic rings. The summed E-state index contributed by atoms with van der Waals surface area (Å²) >= 11 is 0. The summed E-state index contributed by atoms with van der Waals surface area (Å²) in [6.07, 6.45) is 0. The zero-order valence-corrected chi connectivity index (χ0v) is 7.10. The average Bonchev–Trinajstić information content (AvgIpc) is 1.98.